The van der Waals surface area contributed by atoms with Crippen molar-refractivity contribution < 1.29 is 9.90 Å². The van der Waals surface area contributed by atoms with Gasteiger partial charge in [0.15, 0.2) is 0 Å². The van der Waals surface area contributed by atoms with Crippen LogP contribution in [0.4, 0.5) is 5.69 Å². The molecule has 0 saturated carbocycles. The highest BCUT2D eigenvalue weighted by atomic mass is 35.5. The van der Waals surface area contributed by atoms with Crippen LogP contribution in [-0.4, -0.2) is 35.1 Å². The van der Waals surface area contributed by atoms with Gasteiger partial charge in [0.2, 0.25) is 0 Å². The predicted octanol–water partition coefficient (Wildman–Crippen LogP) is 1.13. The minimum absolute atomic E-state index is 0.170. The number of β-amino-alcohol motifs (C(OH)–C–C–N with tert-alkyl or cyclic N) is 1. The second kappa shape index (κ2) is 4.31. The molecule has 2 rings (SSSR count). The number of rotatable bonds is 1. The summed E-state index contributed by atoms with van der Waals surface area (Å²) in [6.07, 6.45) is 0.191. The first-order valence-corrected chi connectivity index (χ1v) is 5.48. The van der Waals surface area contributed by atoms with Gasteiger partial charge < -0.3 is 15.7 Å². The topological polar surface area (TPSA) is 66.6 Å². The number of amides is 1. The molecule has 1 heterocycles. The van der Waals surface area contributed by atoms with Gasteiger partial charge in [0, 0.05) is 13.1 Å². The van der Waals surface area contributed by atoms with Crippen molar-refractivity contribution in [3.05, 3.63) is 28.8 Å². The number of hydrogen-bond donors (Lipinski definition) is 2. The van der Waals surface area contributed by atoms with E-state index < -0.39 is 6.10 Å². The zero-order valence-electron chi connectivity index (χ0n) is 8.69. The molecular weight excluding hydrogens is 228 g/mol. The van der Waals surface area contributed by atoms with E-state index in [9.17, 15) is 9.90 Å². The monoisotopic (exact) mass is 240 g/mol. The summed E-state index contributed by atoms with van der Waals surface area (Å²) in [5.41, 5.74) is 6.45. The van der Waals surface area contributed by atoms with E-state index in [-0.39, 0.29) is 5.91 Å². The van der Waals surface area contributed by atoms with Gasteiger partial charge in [-0.15, -0.1) is 0 Å². The summed E-state index contributed by atoms with van der Waals surface area (Å²) >= 11 is 5.85. The van der Waals surface area contributed by atoms with Crippen molar-refractivity contribution in [2.24, 2.45) is 0 Å². The van der Waals surface area contributed by atoms with Crippen LogP contribution >= 0.6 is 11.6 Å². The van der Waals surface area contributed by atoms with E-state index in [0.717, 1.165) is 0 Å². The molecule has 0 aliphatic carbocycles. The molecule has 16 heavy (non-hydrogen) atoms. The number of hydrogen-bond acceptors (Lipinski definition) is 3. The molecule has 3 N–H and O–H groups in total. The Morgan fingerprint density at radius 2 is 2.31 bits per heavy atom. The number of aliphatic hydroxyl groups is 1. The van der Waals surface area contributed by atoms with Gasteiger partial charge in [-0.05, 0) is 18.6 Å². The summed E-state index contributed by atoms with van der Waals surface area (Å²) in [7, 11) is 0. The van der Waals surface area contributed by atoms with Crippen molar-refractivity contribution in [1.29, 1.82) is 0 Å². The van der Waals surface area contributed by atoms with E-state index >= 15 is 0 Å². The maximum Gasteiger partial charge on any atom is 0.256 e. The van der Waals surface area contributed by atoms with Crippen molar-refractivity contribution in [1.82, 2.24) is 4.90 Å². The quantitative estimate of drug-likeness (QED) is 0.724. The lowest BCUT2D eigenvalue weighted by Crippen LogP contribution is -2.30. The van der Waals surface area contributed by atoms with E-state index in [2.05, 4.69) is 0 Å². The Balaban J connectivity index is 2.24. The lowest BCUT2D eigenvalue weighted by molar-refractivity contribution is 0.0766. The highest BCUT2D eigenvalue weighted by molar-refractivity contribution is 6.33. The summed E-state index contributed by atoms with van der Waals surface area (Å²) in [6.45, 7) is 0.927. The van der Waals surface area contributed by atoms with Crippen LogP contribution < -0.4 is 5.73 Å². The Kier molecular flexibility index (Phi) is 3.03. The number of anilines is 1. The number of aliphatic hydroxyl groups excluding tert-OH is 1. The Morgan fingerprint density at radius 1 is 1.56 bits per heavy atom. The van der Waals surface area contributed by atoms with Gasteiger partial charge in [0.1, 0.15) is 0 Å². The molecule has 1 atom stereocenters. The molecular formula is C11H13ClN2O2. The SMILES string of the molecule is Nc1c(Cl)cccc1C(=O)N1CC[C@@H](O)C1. The van der Waals surface area contributed by atoms with Crippen molar-refractivity contribution in [3.63, 3.8) is 0 Å². The number of nitrogens with two attached hydrogens (primary N) is 1. The summed E-state index contributed by atoms with van der Waals surface area (Å²) < 4.78 is 0. The maximum absolute atomic E-state index is 12.0. The molecule has 4 nitrogen and oxygen atoms in total. The molecule has 0 bridgehead atoms. The van der Waals surface area contributed by atoms with Gasteiger partial charge in [-0.1, -0.05) is 17.7 Å². The lowest BCUT2D eigenvalue weighted by atomic mass is 10.1. The fraction of sp³-hybridized carbons (Fsp3) is 0.364. The molecule has 1 aliphatic heterocycles. The van der Waals surface area contributed by atoms with Crippen LogP contribution in [0.15, 0.2) is 18.2 Å². The molecule has 0 spiro atoms. The van der Waals surface area contributed by atoms with E-state index in [1.807, 2.05) is 0 Å². The Labute approximate surface area is 98.6 Å². The molecule has 86 valence electrons. The van der Waals surface area contributed by atoms with Crippen molar-refractivity contribution >= 4 is 23.2 Å². The predicted molar refractivity (Wildman–Crippen MR) is 62.4 cm³/mol. The first-order chi connectivity index (χ1) is 7.59. The zero-order valence-corrected chi connectivity index (χ0v) is 9.44. The largest absolute Gasteiger partial charge is 0.397 e. The average Bonchev–Trinajstić information content (AvgIpc) is 2.68. The molecule has 1 aliphatic rings. The van der Waals surface area contributed by atoms with Crippen molar-refractivity contribution in [2.75, 3.05) is 18.8 Å². The first kappa shape index (κ1) is 11.2. The standard InChI is InChI=1S/C11H13ClN2O2/c12-9-3-1-2-8(10(9)13)11(16)14-5-4-7(15)6-14/h1-3,7,15H,4-6,13H2/t7-/m1/s1. The molecule has 0 radical (unpaired) electrons. The number of nitrogen functional groups attached to an aromatic ring is 1. The molecule has 0 aromatic heterocycles. The number of carbonyl (C=O) groups excluding carboxylic acids is 1. The first-order valence-electron chi connectivity index (χ1n) is 5.11. The van der Waals surface area contributed by atoms with Gasteiger partial charge in [-0.3, -0.25) is 4.79 Å². The van der Waals surface area contributed by atoms with Gasteiger partial charge in [-0.2, -0.15) is 0 Å². The number of nitrogens with zero attached hydrogens (tertiary/aromatic N) is 1. The molecule has 0 unspecified atom stereocenters. The average molecular weight is 241 g/mol. The van der Waals surface area contributed by atoms with Crippen LogP contribution in [0, 0.1) is 0 Å². The second-order valence-corrected chi connectivity index (χ2v) is 4.30. The Morgan fingerprint density at radius 3 is 2.94 bits per heavy atom. The molecule has 1 fully saturated rings. The highest BCUT2D eigenvalue weighted by Crippen LogP contribution is 2.24. The smallest absolute Gasteiger partial charge is 0.256 e. The van der Waals surface area contributed by atoms with Crippen molar-refractivity contribution in [3.8, 4) is 0 Å². The molecule has 1 amide bonds. The van der Waals surface area contributed by atoms with Crippen LogP contribution in [0.2, 0.25) is 5.02 Å². The summed E-state index contributed by atoms with van der Waals surface area (Å²) in [4.78, 5) is 13.6. The third kappa shape index (κ3) is 1.99. The highest BCUT2D eigenvalue weighted by Gasteiger charge is 2.26. The summed E-state index contributed by atoms with van der Waals surface area (Å²) in [6, 6.07) is 4.99. The molecule has 5 heteroatoms. The number of halogens is 1. The zero-order chi connectivity index (χ0) is 11.7. The Bertz CT molecular complexity index is 422. The normalized spacial score (nSPS) is 20.1. The Hall–Kier alpha value is -1.26. The number of para-hydroxylation sites is 1. The molecule has 1 aromatic rings. The van der Waals surface area contributed by atoms with E-state index in [4.69, 9.17) is 17.3 Å². The van der Waals surface area contributed by atoms with Crippen LogP contribution in [0.1, 0.15) is 16.8 Å². The van der Waals surface area contributed by atoms with Crippen LogP contribution in [-0.2, 0) is 0 Å². The second-order valence-electron chi connectivity index (χ2n) is 3.89. The maximum atomic E-state index is 12.0. The van der Waals surface area contributed by atoms with Gasteiger partial charge in [0.25, 0.3) is 5.91 Å². The van der Waals surface area contributed by atoms with Crippen LogP contribution in [0.3, 0.4) is 0 Å². The summed E-state index contributed by atoms with van der Waals surface area (Å²) in [5, 5.41) is 9.75. The minimum Gasteiger partial charge on any atom is -0.397 e. The molecule has 1 saturated heterocycles. The van der Waals surface area contributed by atoms with Gasteiger partial charge in [0.05, 0.1) is 22.4 Å². The fourth-order valence-electron chi connectivity index (χ4n) is 1.82. The third-order valence-corrected chi connectivity index (χ3v) is 3.06. The van der Waals surface area contributed by atoms with E-state index in [1.165, 1.54) is 0 Å². The third-order valence-electron chi connectivity index (χ3n) is 2.73. The summed E-state index contributed by atoms with van der Waals surface area (Å²) in [5.74, 6) is -0.170. The number of benzene rings is 1. The van der Waals surface area contributed by atoms with Gasteiger partial charge >= 0.3 is 0 Å². The van der Waals surface area contributed by atoms with Crippen LogP contribution in [0.5, 0.6) is 0 Å². The van der Waals surface area contributed by atoms with E-state index in [1.54, 1.807) is 23.1 Å². The van der Waals surface area contributed by atoms with Crippen LogP contribution in [0.25, 0.3) is 0 Å². The van der Waals surface area contributed by atoms with Crippen molar-refractivity contribution in [2.45, 2.75) is 12.5 Å². The number of carbonyl (C=O) groups is 1. The fourth-order valence-corrected chi connectivity index (χ4v) is 1.99. The molecule has 1 aromatic carbocycles. The minimum atomic E-state index is -0.427. The lowest BCUT2D eigenvalue weighted by Gasteiger charge is -2.16. The van der Waals surface area contributed by atoms with E-state index in [0.29, 0.717) is 35.8 Å². The van der Waals surface area contributed by atoms with Gasteiger partial charge in [-0.25, -0.2) is 0 Å². The number of likely N-dealkylation sites (tertiary alicyclic amines) is 1.